The molecule has 2 aromatic carbocycles. The fourth-order valence-electron chi connectivity index (χ4n) is 1.82. The first-order valence-corrected chi connectivity index (χ1v) is 7.43. The molecule has 0 spiro atoms. The van der Waals surface area contributed by atoms with Crippen molar-refractivity contribution >= 4 is 46.0 Å². The molecule has 102 valence electrons. The van der Waals surface area contributed by atoms with Gasteiger partial charge in [0.15, 0.2) is 5.84 Å². The zero-order valence-electron chi connectivity index (χ0n) is 9.99. The van der Waals surface area contributed by atoms with E-state index in [4.69, 9.17) is 27.5 Å². The van der Waals surface area contributed by atoms with Crippen LogP contribution in [0.15, 0.2) is 53.7 Å². The Morgan fingerprint density at radius 2 is 1.90 bits per heavy atom. The molecule has 0 saturated carbocycles. The van der Waals surface area contributed by atoms with Crippen LogP contribution in [-0.4, -0.2) is 10.0 Å². The van der Waals surface area contributed by atoms with Crippen molar-refractivity contribution in [1.82, 2.24) is 0 Å². The van der Waals surface area contributed by atoms with Gasteiger partial charge in [0.05, 0.1) is 10.7 Å². The van der Waals surface area contributed by atoms with Crippen molar-refractivity contribution in [2.75, 3.05) is 4.31 Å². The smallest absolute Gasteiger partial charge is 0.268 e. The van der Waals surface area contributed by atoms with E-state index in [0.29, 0.717) is 27.1 Å². The second-order valence-corrected chi connectivity index (χ2v) is 5.75. The number of rotatable bonds is 2. The molecule has 4 nitrogen and oxygen atoms in total. The number of anilines is 1. The molecule has 7 heteroatoms. The Labute approximate surface area is 128 Å². The summed E-state index contributed by atoms with van der Waals surface area (Å²) in [5.41, 5.74) is 1.26. The highest BCUT2D eigenvalue weighted by molar-refractivity contribution is 7.83. The van der Waals surface area contributed by atoms with Gasteiger partial charge in [0.25, 0.3) is 0 Å². The highest BCUT2D eigenvalue weighted by atomic mass is 35.5. The lowest BCUT2D eigenvalue weighted by Gasteiger charge is -2.16. The van der Waals surface area contributed by atoms with Crippen LogP contribution in [0.2, 0.25) is 10.0 Å². The Bertz CT molecular complexity index is 721. The van der Waals surface area contributed by atoms with Gasteiger partial charge in [-0.15, -0.1) is 0 Å². The molecule has 1 heterocycles. The first-order chi connectivity index (χ1) is 9.66. The maximum Gasteiger partial charge on any atom is 0.346 e. The summed E-state index contributed by atoms with van der Waals surface area (Å²) in [6.07, 6.45) is 0. The van der Waals surface area contributed by atoms with Gasteiger partial charge in [-0.25, -0.2) is 4.31 Å². The summed E-state index contributed by atoms with van der Waals surface area (Å²) in [7, 11) is 0. The van der Waals surface area contributed by atoms with Crippen LogP contribution in [0, 0.1) is 0 Å². The molecule has 0 radical (unpaired) electrons. The van der Waals surface area contributed by atoms with Crippen LogP contribution in [0.5, 0.6) is 0 Å². The summed E-state index contributed by atoms with van der Waals surface area (Å²) in [4.78, 5) is 0. The monoisotopic (exact) mass is 326 g/mol. The molecule has 1 aliphatic rings. The molecule has 0 aromatic heterocycles. The minimum atomic E-state index is -1.75. The predicted octanol–water partition coefficient (Wildman–Crippen LogP) is 3.77. The number of hydrogen-bond donors (Lipinski definition) is 0. The van der Waals surface area contributed by atoms with Crippen molar-refractivity contribution in [3.05, 3.63) is 64.1 Å². The molecular weight excluding hydrogens is 319 g/mol. The van der Waals surface area contributed by atoms with E-state index in [1.165, 1.54) is 4.31 Å². The minimum Gasteiger partial charge on any atom is -0.268 e. The first kappa shape index (κ1) is 13.4. The van der Waals surface area contributed by atoms with Gasteiger partial charge in [0.1, 0.15) is 0 Å². The Kier molecular flexibility index (Phi) is 3.65. The highest BCUT2D eigenvalue weighted by Gasteiger charge is 2.31. The Balaban J connectivity index is 2.08. The summed E-state index contributed by atoms with van der Waals surface area (Å²) in [5.74, 6) is 0.385. The van der Waals surface area contributed by atoms with Gasteiger partial charge in [-0.05, 0) is 35.5 Å². The van der Waals surface area contributed by atoms with Gasteiger partial charge in [-0.3, -0.25) is 4.28 Å². The molecule has 0 bridgehead atoms. The van der Waals surface area contributed by atoms with E-state index < -0.39 is 11.3 Å². The van der Waals surface area contributed by atoms with Gasteiger partial charge in [0, 0.05) is 10.6 Å². The van der Waals surface area contributed by atoms with Gasteiger partial charge in [-0.2, -0.15) is 4.21 Å². The topological polar surface area (TPSA) is 41.9 Å². The highest BCUT2D eigenvalue weighted by Crippen LogP contribution is 2.29. The summed E-state index contributed by atoms with van der Waals surface area (Å²) in [5, 5.41) is 4.88. The molecule has 0 amide bonds. The number of nitrogens with zero attached hydrogens (tertiary/aromatic N) is 2. The Morgan fingerprint density at radius 3 is 2.65 bits per heavy atom. The lowest BCUT2D eigenvalue weighted by Crippen LogP contribution is -2.28. The van der Waals surface area contributed by atoms with Crippen LogP contribution in [0.3, 0.4) is 0 Å². The van der Waals surface area contributed by atoms with Gasteiger partial charge in [-0.1, -0.05) is 41.4 Å². The fourth-order valence-corrected chi connectivity index (χ4v) is 2.98. The minimum absolute atomic E-state index is 0.385. The van der Waals surface area contributed by atoms with Crippen LogP contribution < -0.4 is 4.31 Å². The van der Waals surface area contributed by atoms with E-state index in [-0.39, 0.29) is 0 Å². The van der Waals surface area contributed by atoms with E-state index in [9.17, 15) is 4.21 Å². The van der Waals surface area contributed by atoms with E-state index >= 15 is 0 Å². The van der Waals surface area contributed by atoms with Crippen molar-refractivity contribution in [3.63, 3.8) is 0 Å². The van der Waals surface area contributed by atoms with Crippen molar-refractivity contribution in [2.45, 2.75) is 0 Å². The third kappa shape index (κ3) is 2.40. The van der Waals surface area contributed by atoms with Gasteiger partial charge < -0.3 is 0 Å². The average Bonchev–Trinajstić information content (AvgIpc) is 2.81. The summed E-state index contributed by atoms with van der Waals surface area (Å²) >= 11 is 10.4. The van der Waals surface area contributed by atoms with E-state index in [1.54, 1.807) is 36.4 Å². The van der Waals surface area contributed by atoms with Crippen molar-refractivity contribution in [1.29, 1.82) is 0 Å². The number of halogens is 2. The zero-order valence-corrected chi connectivity index (χ0v) is 12.3. The molecule has 0 fully saturated rings. The second-order valence-electron chi connectivity index (χ2n) is 3.96. The van der Waals surface area contributed by atoms with Crippen LogP contribution in [0.4, 0.5) is 5.69 Å². The maximum absolute atomic E-state index is 12.0. The number of hydrogen-bond acceptors (Lipinski definition) is 3. The molecule has 0 saturated heterocycles. The van der Waals surface area contributed by atoms with E-state index in [0.717, 1.165) is 0 Å². The number of benzene rings is 2. The van der Waals surface area contributed by atoms with Gasteiger partial charge in [0.2, 0.25) is 0 Å². The molecular formula is C13H8Cl2N2O2S. The molecule has 1 aliphatic heterocycles. The second kappa shape index (κ2) is 5.44. The molecule has 0 N–H and O–H groups in total. The molecule has 1 atom stereocenters. The first-order valence-electron chi connectivity index (χ1n) is 5.65. The molecule has 0 aliphatic carbocycles. The zero-order chi connectivity index (χ0) is 14.1. The quantitative estimate of drug-likeness (QED) is 0.842. The van der Waals surface area contributed by atoms with E-state index in [2.05, 4.69) is 5.16 Å². The van der Waals surface area contributed by atoms with Crippen LogP contribution >= 0.6 is 23.2 Å². The van der Waals surface area contributed by atoms with Crippen molar-refractivity contribution in [2.24, 2.45) is 5.16 Å². The van der Waals surface area contributed by atoms with Crippen LogP contribution in [0.1, 0.15) is 5.56 Å². The third-order valence-electron chi connectivity index (χ3n) is 2.69. The Hall–Kier alpha value is -1.56. The number of amidine groups is 1. The maximum atomic E-state index is 12.0. The van der Waals surface area contributed by atoms with Crippen LogP contribution in [0.25, 0.3) is 0 Å². The normalized spacial score (nSPS) is 17.8. The largest absolute Gasteiger partial charge is 0.346 e. The standard InChI is InChI=1S/C13H8Cl2N2O2S/c14-9-4-3-5-10(8-9)17-13(16-19-20(17)18)11-6-1-2-7-12(11)15/h1-8H. The van der Waals surface area contributed by atoms with Gasteiger partial charge >= 0.3 is 11.3 Å². The summed E-state index contributed by atoms with van der Waals surface area (Å²) in [6.45, 7) is 0. The SMILES string of the molecule is O=S1ON=C(c2ccccc2Cl)N1c1cccc(Cl)c1. The molecule has 20 heavy (non-hydrogen) atoms. The molecule has 1 unspecified atom stereocenters. The number of oxime groups is 1. The van der Waals surface area contributed by atoms with Crippen LogP contribution in [-0.2, 0) is 15.6 Å². The lowest BCUT2D eigenvalue weighted by molar-refractivity contribution is 0.386. The third-order valence-corrected chi connectivity index (χ3v) is 4.14. The summed E-state index contributed by atoms with van der Waals surface area (Å²) < 4.78 is 18.3. The van der Waals surface area contributed by atoms with E-state index in [1.807, 2.05) is 12.1 Å². The summed E-state index contributed by atoms with van der Waals surface area (Å²) in [6, 6.07) is 14.1. The fraction of sp³-hybridized carbons (Fsp3) is 0. The molecule has 3 rings (SSSR count). The van der Waals surface area contributed by atoms with Crippen molar-refractivity contribution in [3.8, 4) is 0 Å². The predicted molar refractivity (Wildman–Crippen MR) is 81.1 cm³/mol. The molecule has 2 aromatic rings. The average molecular weight is 327 g/mol. The van der Waals surface area contributed by atoms with Crippen molar-refractivity contribution < 1.29 is 8.49 Å². The Morgan fingerprint density at radius 1 is 1.10 bits per heavy atom. The lowest BCUT2D eigenvalue weighted by atomic mass is 10.2.